The number of rotatable bonds is 4. The lowest BCUT2D eigenvalue weighted by molar-refractivity contribution is 0.198. The van der Waals surface area contributed by atoms with Gasteiger partial charge in [-0.3, -0.25) is 0 Å². The van der Waals surface area contributed by atoms with Crippen LogP contribution in [0.2, 0.25) is 0 Å². The van der Waals surface area contributed by atoms with E-state index in [2.05, 4.69) is 4.72 Å². The molecule has 6 heteroatoms. The van der Waals surface area contributed by atoms with E-state index in [4.69, 9.17) is 5.11 Å². The maximum absolute atomic E-state index is 13.1. The lowest BCUT2D eigenvalue weighted by Crippen LogP contribution is -2.31. The second kappa shape index (κ2) is 5.12. The van der Waals surface area contributed by atoms with Gasteiger partial charge in [0, 0.05) is 6.54 Å². The molecule has 1 rings (SSSR count). The third-order valence-corrected chi connectivity index (χ3v) is 3.99. The van der Waals surface area contributed by atoms with E-state index in [9.17, 15) is 12.8 Å². The highest BCUT2D eigenvalue weighted by Gasteiger charge is 2.20. The number of nitrogens with one attached hydrogen (secondary N) is 1. The average molecular weight is 261 g/mol. The van der Waals surface area contributed by atoms with Crippen LogP contribution < -0.4 is 4.72 Å². The molecule has 0 amide bonds. The molecule has 1 aromatic carbocycles. The van der Waals surface area contributed by atoms with Crippen molar-refractivity contribution in [3.8, 4) is 0 Å². The zero-order chi connectivity index (χ0) is 13.2. The normalized spacial score (nSPS) is 13.7. The van der Waals surface area contributed by atoms with Crippen molar-refractivity contribution < 1.29 is 17.9 Å². The maximum atomic E-state index is 13.1. The summed E-state index contributed by atoms with van der Waals surface area (Å²) in [6.45, 7) is 4.48. The first kappa shape index (κ1) is 14.1. The molecular weight excluding hydrogens is 245 g/mol. The van der Waals surface area contributed by atoms with E-state index in [0.29, 0.717) is 11.1 Å². The first-order valence-corrected chi connectivity index (χ1v) is 6.67. The van der Waals surface area contributed by atoms with Crippen molar-refractivity contribution in [2.45, 2.75) is 31.8 Å². The summed E-state index contributed by atoms with van der Waals surface area (Å²) >= 11 is 0. The van der Waals surface area contributed by atoms with Gasteiger partial charge in [-0.15, -0.1) is 0 Å². The first-order chi connectivity index (χ1) is 7.74. The molecule has 96 valence electrons. The SMILES string of the molecule is Cc1cc(F)cc(C)c1S(=O)(=O)NC[C@H](C)O. The van der Waals surface area contributed by atoms with Crippen LogP contribution in [0.5, 0.6) is 0 Å². The zero-order valence-corrected chi connectivity index (χ0v) is 10.8. The van der Waals surface area contributed by atoms with Crippen molar-refractivity contribution in [3.05, 3.63) is 29.1 Å². The maximum Gasteiger partial charge on any atom is 0.241 e. The first-order valence-electron chi connectivity index (χ1n) is 5.18. The molecule has 0 saturated heterocycles. The van der Waals surface area contributed by atoms with Crippen LogP contribution in [0.1, 0.15) is 18.1 Å². The minimum Gasteiger partial charge on any atom is -0.392 e. The smallest absolute Gasteiger partial charge is 0.241 e. The fourth-order valence-corrected chi connectivity index (χ4v) is 3.19. The Hall–Kier alpha value is -0.980. The van der Waals surface area contributed by atoms with Gasteiger partial charge in [-0.1, -0.05) is 0 Å². The second-order valence-electron chi connectivity index (χ2n) is 4.07. The Labute approximate surface area is 101 Å². The molecule has 0 aromatic heterocycles. The molecule has 0 bridgehead atoms. The van der Waals surface area contributed by atoms with E-state index in [1.807, 2.05) is 0 Å². The fraction of sp³-hybridized carbons (Fsp3) is 0.455. The fourth-order valence-electron chi connectivity index (χ4n) is 1.62. The van der Waals surface area contributed by atoms with Crippen LogP contribution in [-0.2, 0) is 10.0 Å². The van der Waals surface area contributed by atoms with E-state index in [0.717, 1.165) is 0 Å². The van der Waals surface area contributed by atoms with Gasteiger partial charge in [-0.05, 0) is 44.0 Å². The number of aliphatic hydroxyl groups is 1. The van der Waals surface area contributed by atoms with Crippen molar-refractivity contribution in [2.75, 3.05) is 6.54 Å². The standard InChI is InChI=1S/C11H16FNO3S/c1-7-4-10(12)5-8(2)11(7)17(15,16)13-6-9(3)14/h4-5,9,13-14H,6H2,1-3H3/t9-/m0/s1. The molecule has 1 aromatic rings. The van der Waals surface area contributed by atoms with Gasteiger partial charge in [0.2, 0.25) is 10.0 Å². The summed E-state index contributed by atoms with van der Waals surface area (Å²) < 4.78 is 39.2. The minimum absolute atomic E-state index is 0.0690. The van der Waals surface area contributed by atoms with E-state index in [1.165, 1.54) is 32.9 Å². The predicted molar refractivity (Wildman–Crippen MR) is 62.7 cm³/mol. The molecule has 1 atom stereocenters. The van der Waals surface area contributed by atoms with Crippen LogP contribution in [0.4, 0.5) is 4.39 Å². The number of aliphatic hydroxyl groups excluding tert-OH is 1. The Bertz CT molecular complexity index is 488. The van der Waals surface area contributed by atoms with Crippen LogP contribution in [0, 0.1) is 19.7 Å². The molecule has 4 nitrogen and oxygen atoms in total. The van der Waals surface area contributed by atoms with Crippen LogP contribution in [-0.4, -0.2) is 26.2 Å². The predicted octanol–water partition coefficient (Wildman–Crippen LogP) is 1.10. The van der Waals surface area contributed by atoms with Crippen LogP contribution >= 0.6 is 0 Å². The Kier molecular flexibility index (Phi) is 4.24. The molecule has 0 heterocycles. The molecule has 0 unspecified atom stereocenters. The summed E-state index contributed by atoms with van der Waals surface area (Å²) in [4.78, 5) is 0.0690. The van der Waals surface area contributed by atoms with Gasteiger partial charge in [-0.25, -0.2) is 17.5 Å². The number of aryl methyl sites for hydroxylation is 2. The zero-order valence-electron chi connectivity index (χ0n) is 9.99. The molecule has 0 aliphatic heterocycles. The molecule has 0 radical (unpaired) electrons. The summed E-state index contributed by atoms with van der Waals surface area (Å²) in [7, 11) is -3.71. The number of benzene rings is 1. The largest absolute Gasteiger partial charge is 0.392 e. The molecule has 0 aliphatic rings. The number of sulfonamides is 1. The van der Waals surface area contributed by atoms with E-state index < -0.39 is 21.9 Å². The Morgan fingerprint density at radius 3 is 2.24 bits per heavy atom. The number of hydrogen-bond acceptors (Lipinski definition) is 3. The number of halogens is 1. The van der Waals surface area contributed by atoms with Gasteiger partial charge < -0.3 is 5.11 Å². The average Bonchev–Trinajstić information content (AvgIpc) is 2.12. The Morgan fingerprint density at radius 1 is 1.35 bits per heavy atom. The molecule has 2 N–H and O–H groups in total. The highest BCUT2D eigenvalue weighted by Crippen LogP contribution is 2.21. The van der Waals surface area contributed by atoms with Gasteiger partial charge in [0.25, 0.3) is 0 Å². The molecule has 0 saturated carbocycles. The lowest BCUT2D eigenvalue weighted by atomic mass is 10.1. The quantitative estimate of drug-likeness (QED) is 0.853. The monoisotopic (exact) mass is 261 g/mol. The third-order valence-electron chi connectivity index (χ3n) is 2.26. The summed E-state index contributed by atoms with van der Waals surface area (Å²) in [5.74, 6) is -0.463. The summed E-state index contributed by atoms with van der Waals surface area (Å²) in [5.41, 5.74) is 0.696. The summed E-state index contributed by atoms with van der Waals surface area (Å²) in [6, 6.07) is 2.34. The Morgan fingerprint density at radius 2 is 1.82 bits per heavy atom. The van der Waals surface area contributed by atoms with E-state index in [-0.39, 0.29) is 11.4 Å². The summed E-state index contributed by atoms with van der Waals surface area (Å²) in [6.07, 6.45) is -0.772. The molecule has 0 spiro atoms. The molecule has 0 fully saturated rings. The van der Waals surface area contributed by atoms with E-state index in [1.54, 1.807) is 0 Å². The summed E-state index contributed by atoms with van der Waals surface area (Å²) in [5, 5.41) is 9.06. The number of hydrogen-bond donors (Lipinski definition) is 2. The second-order valence-corrected chi connectivity index (χ2v) is 5.77. The Balaban J connectivity index is 3.16. The van der Waals surface area contributed by atoms with Gasteiger partial charge in [0.1, 0.15) is 5.82 Å². The third kappa shape index (κ3) is 3.49. The van der Waals surface area contributed by atoms with Gasteiger partial charge in [0.15, 0.2) is 0 Å². The van der Waals surface area contributed by atoms with Gasteiger partial charge in [0.05, 0.1) is 11.0 Å². The van der Waals surface area contributed by atoms with Gasteiger partial charge >= 0.3 is 0 Å². The van der Waals surface area contributed by atoms with Crippen LogP contribution in [0.3, 0.4) is 0 Å². The van der Waals surface area contributed by atoms with Crippen molar-refractivity contribution in [1.29, 1.82) is 0 Å². The van der Waals surface area contributed by atoms with Crippen molar-refractivity contribution in [2.24, 2.45) is 0 Å². The minimum atomic E-state index is -3.71. The molecule has 0 aliphatic carbocycles. The van der Waals surface area contributed by atoms with Crippen molar-refractivity contribution >= 4 is 10.0 Å². The molecular formula is C11H16FNO3S. The lowest BCUT2D eigenvalue weighted by Gasteiger charge is -2.13. The van der Waals surface area contributed by atoms with E-state index >= 15 is 0 Å². The highest BCUT2D eigenvalue weighted by atomic mass is 32.2. The van der Waals surface area contributed by atoms with Crippen LogP contribution in [0.25, 0.3) is 0 Å². The highest BCUT2D eigenvalue weighted by molar-refractivity contribution is 7.89. The van der Waals surface area contributed by atoms with Crippen molar-refractivity contribution in [3.63, 3.8) is 0 Å². The van der Waals surface area contributed by atoms with Crippen LogP contribution in [0.15, 0.2) is 17.0 Å². The molecule has 17 heavy (non-hydrogen) atoms. The van der Waals surface area contributed by atoms with Gasteiger partial charge in [-0.2, -0.15) is 0 Å². The topological polar surface area (TPSA) is 66.4 Å². The van der Waals surface area contributed by atoms with Crippen molar-refractivity contribution in [1.82, 2.24) is 4.72 Å².